The predicted molar refractivity (Wildman–Crippen MR) is 76.3 cm³/mol. The molecule has 1 aromatic carbocycles. The number of ketones is 1. The molecule has 3 unspecified atom stereocenters. The Morgan fingerprint density at radius 3 is 2.95 bits per heavy atom. The van der Waals surface area contributed by atoms with Crippen molar-refractivity contribution < 1.29 is 9.53 Å². The molecule has 4 nitrogen and oxygen atoms in total. The van der Waals surface area contributed by atoms with Crippen molar-refractivity contribution in [1.82, 2.24) is 10.6 Å². The maximum atomic E-state index is 12.0. The SMILES string of the molecule is CC(=O)C1C2NC(=S)NC1(C)Oc1ccc(Cl)cc12. The van der Waals surface area contributed by atoms with E-state index in [1.807, 2.05) is 19.1 Å². The van der Waals surface area contributed by atoms with Gasteiger partial charge in [-0.2, -0.15) is 0 Å². The van der Waals surface area contributed by atoms with Gasteiger partial charge >= 0.3 is 0 Å². The first-order valence-electron chi connectivity index (χ1n) is 5.98. The Morgan fingerprint density at radius 2 is 2.26 bits per heavy atom. The van der Waals surface area contributed by atoms with Gasteiger partial charge in [0.05, 0.1) is 6.04 Å². The number of fused-ring (bicyclic) bond motifs is 4. The summed E-state index contributed by atoms with van der Waals surface area (Å²) >= 11 is 11.2. The van der Waals surface area contributed by atoms with Crippen molar-refractivity contribution >= 4 is 34.7 Å². The van der Waals surface area contributed by atoms with Gasteiger partial charge in [-0.15, -0.1) is 0 Å². The van der Waals surface area contributed by atoms with E-state index >= 15 is 0 Å². The molecule has 2 heterocycles. The molecule has 0 aromatic heterocycles. The predicted octanol–water partition coefficient (Wildman–Crippen LogP) is 2.17. The highest BCUT2D eigenvalue weighted by molar-refractivity contribution is 7.80. The Hall–Kier alpha value is -1.33. The minimum Gasteiger partial charge on any atom is -0.467 e. The number of rotatable bonds is 1. The van der Waals surface area contributed by atoms with Crippen molar-refractivity contribution in [3.05, 3.63) is 28.8 Å². The fourth-order valence-corrected chi connectivity index (χ4v) is 3.44. The van der Waals surface area contributed by atoms with Gasteiger partial charge in [0.2, 0.25) is 0 Å². The van der Waals surface area contributed by atoms with Crippen molar-refractivity contribution in [2.24, 2.45) is 5.92 Å². The summed E-state index contributed by atoms with van der Waals surface area (Å²) in [4.78, 5) is 12.0. The van der Waals surface area contributed by atoms with Gasteiger partial charge in [0.25, 0.3) is 0 Å². The zero-order chi connectivity index (χ0) is 13.8. The fraction of sp³-hybridized carbons (Fsp3) is 0.385. The number of hydrogen-bond donors (Lipinski definition) is 2. The first-order chi connectivity index (χ1) is 8.90. The number of carbonyl (C=O) groups is 1. The fourth-order valence-electron chi connectivity index (χ4n) is 2.93. The molecule has 3 atom stereocenters. The number of hydrogen-bond acceptors (Lipinski definition) is 3. The zero-order valence-corrected chi connectivity index (χ0v) is 12.1. The summed E-state index contributed by atoms with van der Waals surface area (Å²) in [5, 5.41) is 7.30. The van der Waals surface area contributed by atoms with Gasteiger partial charge in [0.1, 0.15) is 17.5 Å². The summed E-state index contributed by atoms with van der Waals surface area (Å²) < 4.78 is 5.97. The second-order valence-corrected chi connectivity index (χ2v) is 5.90. The third kappa shape index (κ3) is 1.88. The molecule has 2 aliphatic heterocycles. The highest BCUT2D eigenvalue weighted by atomic mass is 35.5. The minimum absolute atomic E-state index is 0.0422. The van der Waals surface area contributed by atoms with Crippen molar-refractivity contribution in [1.29, 1.82) is 0 Å². The van der Waals surface area contributed by atoms with Gasteiger partial charge in [-0.3, -0.25) is 4.79 Å². The number of benzene rings is 1. The van der Waals surface area contributed by atoms with Crippen LogP contribution in [0.15, 0.2) is 18.2 Å². The molecule has 100 valence electrons. The van der Waals surface area contributed by atoms with Crippen LogP contribution in [0.5, 0.6) is 5.75 Å². The first-order valence-corrected chi connectivity index (χ1v) is 6.77. The molecule has 2 bridgehead atoms. The maximum absolute atomic E-state index is 12.0. The normalized spacial score (nSPS) is 31.6. The van der Waals surface area contributed by atoms with E-state index in [4.69, 9.17) is 28.6 Å². The third-order valence-corrected chi connectivity index (χ3v) is 4.10. The van der Waals surface area contributed by atoms with Crippen molar-refractivity contribution in [2.75, 3.05) is 0 Å². The smallest absolute Gasteiger partial charge is 0.191 e. The molecule has 2 N–H and O–H groups in total. The van der Waals surface area contributed by atoms with Crippen LogP contribution in [-0.4, -0.2) is 16.6 Å². The molecule has 0 aliphatic carbocycles. The molecule has 0 amide bonds. The summed E-state index contributed by atoms with van der Waals surface area (Å²) in [7, 11) is 0. The Balaban J connectivity index is 2.18. The van der Waals surface area contributed by atoms with E-state index in [1.54, 1.807) is 13.0 Å². The highest BCUT2D eigenvalue weighted by Crippen LogP contribution is 2.45. The summed E-state index contributed by atoms with van der Waals surface area (Å²) in [6.45, 7) is 3.41. The lowest BCUT2D eigenvalue weighted by atomic mass is 9.78. The van der Waals surface area contributed by atoms with Crippen molar-refractivity contribution in [3.63, 3.8) is 0 Å². The Bertz CT molecular complexity index is 592. The number of Topliss-reactive ketones (excluding diaryl/α,β-unsaturated/α-hetero) is 1. The van der Waals surface area contributed by atoms with Gasteiger partial charge in [0.15, 0.2) is 10.8 Å². The number of halogens is 1. The molecule has 1 fully saturated rings. The van der Waals surface area contributed by atoms with Crippen molar-refractivity contribution in [2.45, 2.75) is 25.6 Å². The second-order valence-electron chi connectivity index (χ2n) is 5.06. The third-order valence-electron chi connectivity index (χ3n) is 3.64. The maximum Gasteiger partial charge on any atom is 0.191 e. The molecule has 1 saturated heterocycles. The minimum atomic E-state index is -0.820. The first kappa shape index (κ1) is 12.7. The molecule has 3 rings (SSSR count). The van der Waals surface area contributed by atoms with E-state index in [2.05, 4.69) is 10.6 Å². The van der Waals surface area contributed by atoms with Crippen LogP contribution < -0.4 is 15.4 Å². The monoisotopic (exact) mass is 296 g/mol. The lowest BCUT2D eigenvalue weighted by Crippen LogP contribution is -2.69. The molecular formula is C13H13ClN2O2S. The van der Waals surface area contributed by atoms with Crippen LogP contribution in [0.2, 0.25) is 5.02 Å². The lowest BCUT2D eigenvalue weighted by Gasteiger charge is -2.50. The summed E-state index contributed by atoms with van der Waals surface area (Å²) in [6.07, 6.45) is 0. The molecule has 0 spiro atoms. The molecule has 19 heavy (non-hydrogen) atoms. The van der Waals surface area contributed by atoms with Gasteiger partial charge in [-0.1, -0.05) is 11.6 Å². The van der Waals surface area contributed by atoms with E-state index in [0.717, 1.165) is 11.3 Å². The van der Waals surface area contributed by atoms with Gasteiger partial charge in [0, 0.05) is 10.6 Å². The van der Waals surface area contributed by atoms with E-state index in [-0.39, 0.29) is 17.7 Å². The van der Waals surface area contributed by atoms with Crippen LogP contribution in [0.3, 0.4) is 0 Å². The van der Waals surface area contributed by atoms with Gasteiger partial charge < -0.3 is 15.4 Å². The summed E-state index contributed by atoms with van der Waals surface area (Å²) in [5.41, 5.74) is 0.0497. The average Bonchev–Trinajstić information content (AvgIpc) is 2.28. The largest absolute Gasteiger partial charge is 0.467 e. The van der Waals surface area contributed by atoms with Crippen LogP contribution in [0.4, 0.5) is 0 Å². The van der Waals surface area contributed by atoms with Crippen LogP contribution in [0, 0.1) is 5.92 Å². The summed E-state index contributed by atoms with van der Waals surface area (Å²) in [6, 6.07) is 5.19. The molecule has 0 saturated carbocycles. The molecule has 6 heteroatoms. The number of ether oxygens (including phenoxy) is 1. The van der Waals surface area contributed by atoms with Crippen molar-refractivity contribution in [3.8, 4) is 5.75 Å². The molecule has 2 aliphatic rings. The van der Waals surface area contributed by atoms with Gasteiger partial charge in [-0.25, -0.2) is 0 Å². The lowest BCUT2D eigenvalue weighted by molar-refractivity contribution is -0.133. The number of carbonyl (C=O) groups excluding carboxylic acids is 1. The van der Waals surface area contributed by atoms with Crippen LogP contribution >= 0.6 is 23.8 Å². The summed E-state index contributed by atoms with van der Waals surface area (Å²) in [5.74, 6) is 0.405. The van der Waals surface area contributed by atoms with E-state index in [9.17, 15) is 4.79 Å². The Kier molecular flexibility index (Phi) is 2.73. The number of nitrogens with one attached hydrogen (secondary N) is 2. The standard InChI is InChI=1S/C13H13ClN2O2S/c1-6(17)10-11-8-5-7(14)3-4-9(8)18-13(10,2)16-12(19)15-11/h3-5,10-11H,1-2H3,(H2,15,16,19). The topological polar surface area (TPSA) is 50.4 Å². The molecular weight excluding hydrogens is 284 g/mol. The Morgan fingerprint density at radius 1 is 1.53 bits per heavy atom. The number of thiocarbonyl (C=S) groups is 1. The Labute approximate surface area is 121 Å². The van der Waals surface area contributed by atoms with E-state index in [0.29, 0.717) is 10.1 Å². The van der Waals surface area contributed by atoms with Gasteiger partial charge in [-0.05, 0) is 44.3 Å². The van der Waals surface area contributed by atoms with E-state index < -0.39 is 5.72 Å². The zero-order valence-electron chi connectivity index (χ0n) is 10.5. The highest BCUT2D eigenvalue weighted by Gasteiger charge is 2.53. The molecule has 0 radical (unpaired) electrons. The van der Waals surface area contributed by atoms with E-state index in [1.165, 1.54) is 0 Å². The molecule has 1 aromatic rings. The van der Waals surface area contributed by atoms with Crippen LogP contribution in [0.25, 0.3) is 0 Å². The van der Waals surface area contributed by atoms with Crippen LogP contribution in [-0.2, 0) is 4.79 Å². The second kappa shape index (κ2) is 4.08. The quantitative estimate of drug-likeness (QED) is 0.778. The average molecular weight is 297 g/mol. The van der Waals surface area contributed by atoms with Crippen LogP contribution in [0.1, 0.15) is 25.5 Å².